The molecule has 108 valence electrons. The molecule has 1 aliphatic rings. The summed E-state index contributed by atoms with van der Waals surface area (Å²) in [5.74, 6) is 0. The predicted molar refractivity (Wildman–Crippen MR) is 93.3 cm³/mol. The van der Waals surface area contributed by atoms with E-state index in [0.29, 0.717) is 0 Å². The van der Waals surface area contributed by atoms with Crippen molar-refractivity contribution in [2.75, 3.05) is 0 Å². The summed E-state index contributed by atoms with van der Waals surface area (Å²) in [6.07, 6.45) is 3.93. The molecule has 1 aliphatic carbocycles. The average molecular weight is 295 g/mol. The van der Waals surface area contributed by atoms with Crippen molar-refractivity contribution in [3.05, 3.63) is 94.1 Å². The number of pyridine rings is 1. The Balaban J connectivity index is 1.83. The lowest BCUT2D eigenvalue weighted by molar-refractivity contribution is 1.11. The molecule has 2 heteroatoms. The largest absolute Gasteiger partial charge is 0.283 e. The van der Waals surface area contributed by atoms with Gasteiger partial charge in [0, 0.05) is 22.5 Å². The van der Waals surface area contributed by atoms with Crippen LogP contribution in [-0.4, -0.2) is 4.40 Å². The molecule has 23 heavy (non-hydrogen) atoms. The maximum Gasteiger partial charge on any atom is 0.263 e. The van der Waals surface area contributed by atoms with Crippen molar-refractivity contribution in [3.63, 3.8) is 0 Å². The van der Waals surface area contributed by atoms with Gasteiger partial charge in [-0.25, -0.2) is 0 Å². The van der Waals surface area contributed by atoms with E-state index in [1.54, 1.807) is 4.40 Å². The van der Waals surface area contributed by atoms with Gasteiger partial charge in [-0.3, -0.25) is 9.20 Å². The van der Waals surface area contributed by atoms with Crippen LogP contribution in [0.2, 0.25) is 0 Å². The molecule has 0 saturated carbocycles. The van der Waals surface area contributed by atoms with E-state index < -0.39 is 0 Å². The van der Waals surface area contributed by atoms with Gasteiger partial charge < -0.3 is 0 Å². The van der Waals surface area contributed by atoms with Gasteiger partial charge in [0.25, 0.3) is 5.56 Å². The second kappa shape index (κ2) is 4.43. The SMILES string of the molecule is O=c1c2c(cc3cc(-c4ccccc4)cn13)-c1ccccc1C=2. The summed E-state index contributed by atoms with van der Waals surface area (Å²) in [6, 6.07) is 22.5. The molecule has 0 bridgehead atoms. The third kappa shape index (κ3) is 1.72. The molecule has 2 heterocycles. The molecule has 2 aromatic heterocycles. The quantitative estimate of drug-likeness (QED) is 0.464. The summed E-state index contributed by atoms with van der Waals surface area (Å²) in [5.41, 5.74) is 6.49. The number of hydrogen-bond acceptors (Lipinski definition) is 1. The van der Waals surface area contributed by atoms with Crippen molar-refractivity contribution in [1.82, 2.24) is 4.40 Å². The van der Waals surface area contributed by atoms with Crippen LogP contribution in [0.25, 0.3) is 33.8 Å². The van der Waals surface area contributed by atoms with E-state index in [-0.39, 0.29) is 5.56 Å². The third-order valence-corrected chi connectivity index (χ3v) is 4.54. The number of benzene rings is 2. The molecule has 2 aromatic carbocycles. The van der Waals surface area contributed by atoms with E-state index >= 15 is 0 Å². The predicted octanol–water partition coefficient (Wildman–Crippen LogP) is 3.49. The molecule has 0 amide bonds. The normalized spacial score (nSPS) is 12.0. The molecular formula is C21H13NO. The van der Waals surface area contributed by atoms with Gasteiger partial charge in [0.05, 0.1) is 0 Å². The van der Waals surface area contributed by atoms with E-state index in [0.717, 1.165) is 38.6 Å². The number of fused-ring (bicyclic) bond motifs is 4. The molecule has 0 spiro atoms. The summed E-state index contributed by atoms with van der Waals surface area (Å²) in [5, 5.41) is 0.786. The number of aromatic nitrogens is 1. The summed E-state index contributed by atoms with van der Waals surface area (Å²) >= 11 is 0. The first-order valence-electron chi connectivity index (χ1n) is 7.67. The van der Waals surface area contributed by atoms with Crippen LogP contribution in [0.15, 0.2) is 77.7 Å². The van der Waals surface area contributed by atoms with Gasteiger partial charge in [-0.15, -0.1) is 0 Å². The Morgan fingerprint density at radius 2 is 1.52 bits per heavy atom. The summed E-state index contributed by atoms with van der Waals surface area (Å²) in [7, 11) is 0. The van der Waals surface area contributed by atoms with Crippen LogP contribution < -0.4 is 10.8 Å². The number of hydrogen-bond donors (Lipinski definition) is 0. The Labute approximate surface area is 132 Å². The van der Waals surface area contributed by atoms with Crippen LogP contribution in [0, 0.1) is 0 Å². The lowest BCUT2D eigenvalue weighted by atomic mass is 10.1. The molecule has 5 rings (SSSR count). The van der Waals surface area contributed by atoms with Gasteiger partial charge in [0.1, 0.15) is 0 Å². The molecule has 0 fully saturated rings. The molecular weight excluding hydrogens is 282 g/mol. The van der Waals surface area contributed by atoms with Gasteiger partial charge in [0.2, 0.25) is 0 Å². The standard InChI is InChI=1S/C21H13NO/c23-21-20-11-15-8-4-5-9-18(15)19(20)12-17-10-16(13-22(17)21)14-6-2-1-3-7-14/h1-13H. The fourth-order valence-corrected chi connectivity index (χ4v) is 3.41. The molecule has 0 unspecified atom stereocenters. The minimum absolute atomic E-state index is 0.0517. The average Bonchev–Trinajstić information content (AvgIpc) is 3.18. The molecule has 0 atom stereocenters. The van der Waals surface area contributed by atoms with Crippen LogP contribution in [0.3, 0.4) is 0 Å². The van der Waals surface area contributed by atoms with Gasteiger partial charge in [-0.1, -0.05) is 54.6 Å². The van der Waals surface area contributed by atoms with Crippen molar-refractivity contribution < 1.29 is 0 Å². The number of rotatable bonds is 1. The van der Waals surface area contributed by atoms with Crippen LogP contribution >= 0.6 is 0 Å². The third-order valence-electron chi connectivity index (χ3n) is 4.54. The van der Waals surface area contributed by atoms with Crippen molar-refractivity contribution >= 4 is 11.6 Å². The first kappa shape index (κ1) is 12.4. The topological polar surface area (TPSA) is 21.5 Å². The Morgan fingerprint density at radius 3 is 2.39 bits per heavy atom. The van der Waals surface area contributed by atoms with Gasteiger partial charge in [-0.2, -0.15) is 0 Å². The smallest absolute Gasteiger partial charge is 0.263 e. The van der Waals surface area contributed by atoms with Crippen LogP contribution in [0.4, 0.5) is 0 Å². The van der Waals surface area contributed by atoms with E-state index in [1.807, 2.05) is 42.6 Å². The second-order valence-corrected chi connectivity index (χ2v) is 5.90. The van der Waals surface area contributed by atoms with Crippen molar-refractivity contribution in [2.45, 2.75) is 0 Å². The molecule has 0 radical (unpaired) electrons. The fraction of sp³-hybridized carbons (Fsp3) is 0. The molecule has 0 N–H and O–H groups in total. The zero-order valence-electron chi connectivity index (χ0n) is 12.4. The maximum atomic E-state index is 12.9. The fourth-order valence-electron chi connectivity index (χ4n) is 3.41. The van der Waals surface area contributed by atoms with Crippen LogP contribution in [0.1, 0.15) is 5.56 Å². The lowest BCUT2D eigenvalue weighted by Gasteiger charge is -2.01. The summed E-state index contributed by atoms with van der Waals surface area (Å²) in [4.78, 5) is 12.9. The maximum absolute atomic E-state index is 12.9. The summed E-state index contributed by atoms with van der Waals surface area (Å²) < 4.78 is 1.75. The van der Waals surface area contributed by atoms with E-state index in [2.05, 4.69) is 36.4 Å². The van der Waals surface area contributed by atoms with Crippen LogP contribution in [-0.2, 0) is 0 Å². The molecule has 0 aliphatic heterocycles. The molecule has 4 aromatic rings. The minimum Gasteiger partial charge on any atom is -0.283 e. The van der Waals surface area contributed by atoms with E-state index in [9.17, 15) is 4.79 Å². The highest BCUT2D eigenvalue weighted by atomic mass is 16.1. The summed E-state index contributed by atoms with van der Waals surface area (Å²) in [6.45, 7) is 0. The van der Waals surface area contributed by atoms with E-state index in [4.69, 9.17) is 0 Å². The zero-order chi connectivity index (χ0) is 15.4. The monoisotopic (exact) mass is 295 g/mol. The first-order chi connectivity index (χ1) is 11.3. The number of nitrogens with zero attached hydrogens (tertiary/aromatic N) is 1. The lowest BCUT2D eigenvalue weighted by Crippen LogP contribution is -2.30. The van der Waals surface area contributed by atoms with Gasteiger partial charge in [0.15, 0.2) is 0 Å². The Hall–Kier alpha value is -3.13. The molecule has 0 saturated heterocycles. The Bertz CT molecular complexity index is 1170. The molecule has 2 nitrogen and oxygen atoms in total. The Kier molecular flexibility index (Phi) is 2.39. The minimum atomic E-state index is 0.0517. The van der Waals surface area contributed by atoms with Crippen LogP contribution in [0.5, 0.6) is 0 Å². The van der Waals surface area contributed by atoms with Gasteiger partial charge in [-0.05, 0) is 40.5 Å². The highest BCUT2D eigenvalue weighted by Crippen LogP contribution is 2.28. The Morgan fingerprint density at radius 1 is 0.739 bits per heavy atom. The first-order valence-corrected chi connectivity index (χ1v) is 7.67. The van der Waals surface area contributed by atoms with Gasteiger partial charge >= 0.3 is 0 Å². The van der Waals surface area contributed by atoms with E-state index in [1.165, 1.54) is 0 Å². The highest BCUT2D eigenvalue weighted by molar-refractivity contribution is 5.85. The second-order valence-electron chi connectivity index (χ2n) is 5.90. The van der Waals surface area contributed by atoms with Crippen molar-refractivity contribution in [3.8, 4) is 22.3 Å². The van der Waals surface area contributed by atoms with Crippen molar-refractivity contribution in [2.24, 2.45) is 0 Å². The van der Waals surface area contributed by atoms with Crippen molar-refractivity contribution in [1.29, 1.82) is 0 Å². The zero-order valence-corrected chi connectivity index (χ0v) is 12.4. The highest BCUT2D eigenvalue weighted by Gasteiger charge is 2.16.